The predicted octanol–water partition coefficient (Wildman–Crippen LogP) is 3.53. The minimum absolute atomic E-state index is 0.234. The Balaban J connectivity index is 1.95. The standard InChI is InChI=1S/C19H16N4O/c1-24-18(15-10-6-3-7-11-15)16-12-23-19(20-13-21-23)22-17(16)14-8-4-2-5-9-14/h2-13,18H,1H3. The normalized spacial score (nSPS) is 12.4. The van der Waals surface area contributed by atoms with Crippen molar-refractivity contribution in [2.75, 3.05) is 7.11 Å². The maximum atomic E-state index is 5.81. The summed E-state index contributed by atoms with van der Waals surface area (Å²) in [6.45, 7) is 0. The molecule has 1 unspecified atom stereocenters. The van der Waals surface area contributed by atoms with Gasteiger partial charge in [0.15, 0.2) is 0 Å². The zero-order valence-corrected chi connectivity index (χ0v) is 13.2. The van der Waals surface area contributed by atoms with Gasteiger partial charge in [-0.3, -0.25) is 0 Å². The zero-order valence-electron chi connectivity index (χ0n) is 13.2. The van der Waals surface area contributed by atoms with E-state index in [1.807, 2.05) is 54.7 Å². The molecule has 5 heteroatoms. The van der Waals surface area contributed by atoms with E-state index in [9.17, 15) is 0 Å². The van der Waals surface area contributed by atoms with Gasteiger partial charge in [-0.2, -0.15) is 10.1 Å². The van der Waals surface area contributed by atoms with Gasteiger partial charge in [0.1, 0.15) is 12.4 Å². The molecular weight excluding hydrogens is 300 g/mol. The molecule has 0 aliphatic heterocycles. The van der Waals surface area contributed by atoms with E-state index in [1.165, 1.54) is 6.33 Å². The number of hydrogen-bond donors (Lipinski definition) is 0. The van der Waals surface area contributed by atoms with E-state index in [2.05, 4.69) is 22.2 Å². The van der Waals surface area contributed by atoms with Crippen LogP contribution in [0.25, 0.3) is 17.0 Å². The van der Waals surface area contributed by atoms with Crippen molar-refractivity contribution in [1.82, 2.24) is 19.6 Å². The van der Waals surface area contributed by atoms with Gasteiger partial charge in [-0.1, -0.05) is 60.7 Å². The van der Waals surface area contributed by atoms with Crippen LogP contribution in [0.2, 0.25) is 0 Å². The summed E-state index contributed by atoms with van der Waals surface area (Å²) in [5.41, 5.74) is 3.90. The molecular formula is C19H16N4O. The first-order valence-corrected chi connectivity index (χ1v) is 7.70. The van der Waals surface area contributed by atoms with E-state index < -0.39 is 0 Å². The average Bonchev–Trinajstić information content (AvgIpc) is 3.11. The first-order chi connectivity index (χ1) is 11.9. The third-order valence-corrected chi connectivity index (χ3v) is 3.97. The Morgan fingerprint density at radius 1 is 0.958 bits per heavy atom. The lowest BCUT2D eigenvalue weighted by Crippen LogP contribution is -2.09. The fraction of sp³-hybridized carbons (Fsp3) is 0.105. The van der Waals surface area contributed by atoms with Gasteiger partial charge in [0.25, 0.3) is 5.78 Å². The second kappa shape index (κ2) is 6.22. The Morgan fingerprint density at radius 3 is 2.38 bits per heavy atom. The lowest BCUT2D eigenvalue weighted by atomic mass is 9.98. The van der Waals surface area contributed by atoms with Gasteiger partial charge in [0, 0.05) is 24.4 Å². The van der Waals surface area contributed by atoms with Crippen LogP contribution in [0.1, 0.15) is 17.2 Å². The van der Waals surface area contributed by atoms with Crippen molar-refractivity contribution in [3.05, 3.63) is 84.3 Å². The number of ether oxygens (including phenoxy) is 1. The van der Waals surface area contributed by atoms with Crippen molar-refractivity contribution in [1.29, 1.82) is 0 Å². The smallest absolute Gasteiger partial charge is 0.252 e. The summed E-state index contributed by atoms with van der Waals surface area (Å²) in [5.74, 6) is 0.570. The van der Waals surface area contributed by atoms with Crippen molar-refractivity contribution < 1.29 is 4.74 Å². The van der Waals surface area contributed by atoms with E-state index in [0.29, 0.717) is 5.78 Å². The molecule has 0 aliphatic rings. The SMILES string of the molecule is COC(c1ccccc1)c1cn2ncnc2nc1-c1ccccc1. The molecule has 118 valence electrons. The van der Waals surface area contributed by atoms with E-state index in [4.69, 9.17) is 9.72 Å². The fourth-order valence-electron chi connectivity index (χ4n) is 2.86. The topological polar surface area (TPSA) is 52.3 Å². The molecule has 0 N–H and O–H groups in total. The molecule has 0 aliphatic carbocycles. The number of fused-ring (bicyclic) bond motifs is 1. The molecule has 4 aromatic rings. The lowest BCUT2D eigenvalue weighted by Gasteiger charge is -2.19. The summed E-state index contributed by atoms with van der Waals surface area (Å²) in [4.78, 5) is 8.91. The second-order valence-corrected chi connectivity index (χ2v) is 5.44. The fourth-order valence-corrected chi connectivity index (χ4v) is 2.86. The van der Waals surface area contributed by atoms with Crippen molar-refractivity contribution in [2.24, 2.45) is 0 Å². The molecule has 5 nitrogen and oxygen atoms in total. The first kappa shape index (κ1) is 14.5. The lowest BCUT2D eigenvalue weighted by molar-refractivity contribution is 0.136. The Kier molecular flexibility index (Phi) is 3.76. The Labute approximate surface area is 139 Å². The molecule has 2 aromatic heterocycles. The summed E-state index contributed by atoms with van der Waals surface area (Å²) in [7, 11) is 1.71. The number of aromatic nitrogens is 4. The van der Waals surface area contributed by atoms with E-state index >= 15 is 0 Å². The second-order valence-electron chi connectivity index (χ2n) is 5.44. The number of rotatable bonds is 4. The zero-order chi connectivity index (χ0) is 16.4. The average molecular weight is 316 g/mol. The monoisotopic (exact) mass is 316 g/mol. The molecule has 24 heavy (non-hydrogen) atoms. The highest BCUT2D eigenvalue weighted by Gasteiger charge is 2.21. The van der Waals surface area contributed by atoms with Gasteiger partial charge >= 0.3 is 0 Å². The van der Waals surface area contributed by atoms with Crippen LogP contribution in [-0.2, 0) is 4.74 Å². The highest BCUT2D eigenvalue weighted by Crippen LogP contribution is 2.32. The Bertz CT molecular complexity index is 951. The predicted molar refractivity (Wildman–Crippen MR) is 91.5 cm³/mol. The molecule has 0 amide bonds. The summed E-state index contributed by atoms with van der Waals surface area (Å²) in [6, 6.07) is 20.2. The van der Waals surface area contributed by atoms with Crippen LogP contribution in [-0.4, -0.2) is 26.7 Å². The van der Waals surface area contributed by atoms with E-state index in [-0.39, 0.29) is 6.10 Å². The van der Waals surface area contributed by atoms with Crippen molar-refractivity contribution in [3.63, 3.8) is 0 Å². The molecule has 0 radical (unpaired) electrons. The number of benzene rings is 2. The maximum Gasteiger partial charge on any atom is 0.252 e. The molecule has 2 heterocycles. The number of nitrogens with zero attached hydrogens (tertiary/aromatic N) is 4. The van der Waals surface area contributed by atoms with Crippen molar-refractivity contribution >= 4 is 5.78 Å². The van der Waals surface area contributed by atoms with Gasteiger partial charge in [-0.05, 0) is 5.56 Å². The third-order valence-electron chi connectivity index (χ3n) is 3.97. The largest absolute Gasteiger partial charge is 0.372 e. The Morgan fingerprint density at radius 2 is 1.67 bits per heavy atom. The number of hydrogen-bond acceptors (Lipinski definition) is 4. The van der Waals surface area contributed by atoms with Crippen LogP contribution in [0.3, 0.4) is 0 Å². The van der Waals surface area contributed by atoms with Gasteiger partial charge < -0.3 is 4.74 Å². The molecule has 4 rings (SSSR count). The highest BCUT2D eigenvalue weighted by molar-refractivity contribution is 5.65. The van der Waals surface area contributed by atoms with Crippen LogP contribution < -0.4 is 0 Å². The van der Waals surface area contributed by atoms with Crippen LogP contribution >= 0.6 is 0 Å². The molecule has 0 spiro atoms. The highest BCUT2D eigenvalue weighted by atomic mass is 16.5. The molecule has 2 aromatic carbocycles. The van der Waals surface area contributed by atoms with E-state index in [0.717, 1.165) is 22.4 Å². The first-order valence-electron chi connectivity index (χ1n) is 7.70. The van der Waals surface area contributed by atoms with Crippen molar-refractivity contribution in [3.8, 4) is 11.3 Å². The molecule has 0 saturated carbocycles. The third kappa shape index (κ3) is 2.55. The van der Waals surface area contributed by atoms with Gasteiger partial charge in [0.05, 0.1) is 5.69 Å². The van der Waals surface area contributed by atoms with Gasteiger partial charge in [0.2, 0.25) is 0 Å². The number of methoxy groups -OCH3 is 1. The molecule has 1 atom stereocenters. The quantitative estimate of drug-likeness (QED) is 0.578. The summed E-state index contributed by atoms with van der Waals surface area (Å²) < 4.78 is 7.49. The van der Waals surface area contributed by atoms with Gasteiger partial charge in [-0.15, -0.1) is 0 Å². The Hall–Kier alpha value is -3.05. The minimum Gasteiger partial charge on any atom is -0.372 e. The summed E-state index contributed by atoms with van der Waals surface area (Å²) >= 11 is 0. The maximum absolute atomic E-state index is 5.81. The van der Waals surface area contributed by atoms with Crippen LogP contribution in [0.5, 0.6) is 0 Å². The minimum atomic E-state index is -0.234. The van der Waals surface area contributed by atoms with Crippen LogP contribution in [0.4, 0.5) is 0 Å². The summed E-state index contributed by atoms with van der Waals surface area (Å²) in [5, 5.41) is 4.21. The molecule has 0 fully saturated rings. The van der Waals surface area contributed by atoms with Crippen molar-refractivity contribution in [2.45, 2.75) is 6.10 Å². The van der Waals surface area contributed by atoms with E-state index in [1.54, 1.807) is 11.6 Å². The molecule has 0 saturated heterocycles. The summed E-state index contributed by atoms with van der Waals surface area (Å²) in [6.07, 6.45) is 3.21. The van der Waals surface area contributed by atoms with Crippen LogP contribution in [0.15, 0.2) is 73.2 Å². The van der Waals surface area contributed by atoms with Gasteiger partial charge in [-0.25, -0.2) is 9.50 Å². The molecule has 0 bridgehead atoms. The van der Waals surface area contributed by atoms with Crippen LogP contribution in [0, 0.1) is 0 Å².